The number of esters is 1. The van der Waals surface area contributed by atoms with E-state index in [0.29, 0.717) is 5.56 Å². The fourth-order valence-electron chi connectivity index (χ4n) is 1.26. The molecule has 86 valence electrons. The van der Waals surface area contributed by atoms with Crippen molar-refractivity contribution in [2.45, 2.75) is 12.8 Å². The average molecular weight is 287 g/mol. The Balaban J connectivity index is 2.98. The van der Waals surface area contributed by atoms with Gasteiger partial charge in [-0.25, -0.2) is 0 Å². The molecule has 0 saturated heterocycles. The Morgan fingerprint density at radius 3 is 2.38 bits per heavy atom. The largest absolute Gasteiger partial charge is 0.480 e. The SMILES string of the molecule is CCOC(=O)C(C(=O)O)c1ccc(Br)cc1. The first-order valence-electron chi connectivity index (χ1n) is 4.71. The predicted octanol–water partition coefficient (Wildman–Crippen LogP) is 2.18. The van der Waals surface area contributed by atoms with Crippen molar-refractivity contribution in [1.82, 2.24) is 0 Å². The summed E-state index contributed by atoms with van der Waals surface area (Å²) in [5.74, 6) is -3.20. The van der Waals surface area contributed by atoms with E-state index in [2.05, 4.69) is 15.9 Å². The molecule has 0 aliphatic carbocycles. The third-order valence-electron chi connectivity index (χ3n) is 1.97. The minimum Gasteiger partial charge on any atom is -0.480 e. The Labute approximate surface area is 101 Å². The van der Waals surface area contributed by atoms with Gasteiger partial charge in [0.2, 0.25) is 0 Å². The first kappa shape index (κ1) is 12.7. The highest BCUT2D eigenvalue weighted by Crippen LogP contribution is 2.20. The number of carbonyl (C=O) groups is 2. The molecule has 0 spiro atoms. The molecule has 1 unspecified atom stereocenters. The summed E-state index contributed by atoms with van der Waals surface area (Å²) in [4.78, 5) is 22.4. The van der Waals surface area contributed by atoms with Gasteiger partial charge in [-0.1, -0.05) is 28.1 Å². The third-order valence-corrected chi connectivity index (χ3v) is 2.50. The molecule has 0 aromatic heterocycles. The molecule has 0 aliphatic heterocycles. The van der Waals surface area contributed by atoms with Gasteiger partial charge in [0.1, 0.15) is 0 Å². The predicted molar refractivity (Wildman–Crippen MR) is 61.2 cm³/mol. The van der Waals surface area contributed by atoms with Gasteiger partial charge in [0.15, 0.2) is 5.92 Å². The summed E-state index contributed by atoms with van der Waals surface area (Å²) in [5.41, 5.74) is 0.411. The first-order valence-corrected chi connectivity index (χ1v) is 5.50. The molecule has 0 fully saturated rings. The Morgan fingerprint density at radius 2 is 1.94 bits per heavy atom. The molecule has 0 aliphatic rings. The number of carboxylic acids is 1. The molecule has 1 rings (SSSR count). The van der Waals surface area contributed by atoms with Crippen LogP contribution >= 0.6 is 15.9 Å². The monoisotopic (exact) mass is 286 g/mol. The second kappa shape index (κ2) is 5.65. The molecular weight excluding hydrogens is 276 g/mol. The number of ether oxygens (including phenoxy) is 1. The maximum atomic E-state index is 11.5. The molecule has 0 heterocycles. The zero-order chi connectivity index (χ0) is 12.1. The number of benzene rings is 1. The number of rotatable bonds is 4. The van der Waals surface area contributed by atoms with Crippen molar-refractivity contribution in [3.63, 3.8) is 0 Å². The van der Waals surface area contributed by atoms with Crippen molar-refractivity contribution in [1.29, 1.82) is 0 Å². The molecule has 0 radical (unpaired) electrons. The fraction of sp³-hybridized carbons (Fsp3) is 0.273. The van der Waals surface area contributed by atoms with Crippen molar-refractivity contribution in [3.05, 3.63) is 34.3 Å². The summed E-state index contributed by atoms with van der Waals surface area (Å²) in [6, 6.07) is 6.54. The van der Waals surface area contributed by atoms with Crippen LogP contribution in [0.25, 0.3) is 0 Å². The lowest BCUT2D eigenvalue weighted by atomic mass is 10.00. The standard InChI is InChI=1S/C11H11BrO4/c1-2-16-11(15)9(10(13)14)7-3-5-8(12)6-4-7/h3-6,9H,2H2,1H3,(H,13,14). The van der Waals surface area contributed by atoms with E-state index in [1.807, 2.05) is 0 Å². The summed E-state index contributed by atoms with van der Waals surface area (Å²) in [7, 11) is 0. The number of hydrogen-bond acceptors (Lipinski definition) is 3. The van der Waals surface area contributed by atoms with E-state index in [1.54, 1.807) is 31.2 Å². The Bertz CT molecular complexity index is 385. The molecule has 4 nitrogen and oxygen atoms in total. The summed E-state index contributed by atoms with van der Waals surface area (Å²) in [6.45, 7) is 1.80. The van der Waals surface area contributed by atoms with Gasteiger partial charge in [-0.2, -0.15) is 0 Å². The smallest absolute Gasteiger partial charge is 0.324 e. The molecule has 1 atom stereocenters. The van der Waals surface area contributed by atoms with Crippen LogP contribution in [-0.4, -0.2) is 23.7 Å². The van der Waals surface area contributed by atoms with Crippen molar-refractivity contribution in [2.24, 2.45) is 0 Å². The topological polar surface area (TPSA) is 63.6 Å². The molecular formula is C11H11BrO4. The zero-order valence-electron chi connectivity index (χ0n) is 8.64. The highest BCUT2D eigenvalue weighted by molar-refractivity contribution is 9.10. The Morgan fingerprint density at radius 1 is 1.38 bits per heavy atom. The van der Waals surface area contributed by atoms with Crippen molar-refractivity contribution in [3.8, 4) is 0 Å². The van der Waals surface area contributed by atoms with Gasteiger partial charge in [-0.05, 0) is 24.6 Å². The van der Waals surface area contributed by atoms with Crippen LogP contribution in [0.4, 0.5) is 0 Å². The van der Waals surface area contributed by atoms with Crippen LogP contribution in [0.2, 0.25) is 0 Å². The zero-order valence-corrected chi connectivity index (χ0v) is 10.2. The molecule has 0 saturated carbocycles. The number of hydrogen-bond donors (Lipinski definition) is 1. The molecule has 1 N–H and O–H groups in total. The van der Waals surface area contributed by atoms with E-state index in [4.69, 9.17) is 9.84 Å². The van der Waals surface area contributed by atoms with Crippen LogP contribution in [0.3, 0.4) is 0 Å². The number of aliphatic carboxylic acids is 1. The van der Waals surface area contributed by atoms with Gasteiger partial charge in [0, 0.05) is 4.47 Å². The lowest BCUT2D eigenvalue weighted by molar-refractivity contribution is -0.153. The van der Waals surface area contributed by atoms with Gasteiger partial charge in [0.25, 0.3) is 0 Å². The summed E-state index contributed by atoms with van der Waals surface area (Å²) in [6.07, 6.45) is 0. The number of carbonyl (C=O) groups excluding carboxylic acids is 1. The summed E-state index contributed by atoms with van der Waals surface area (Å²) < 4.78 is 5.54. The Hall–Kier alpha value is -1.36. The van der Waals surface area contributed by atoms with Crippen LogP contribution in [-0.2, 0) is 14.3 Å². The second-order valence-electron chi connectivity index (χ2n) is 3.07. The maximum Gasteiger partial charge on any atom is 0.324 e. The highest BCUT2D eigenvalue weighted by Gasteiger charge is 2.29. The van der Waals surface area contributed by atoms with Gasteiger partial charge >= 0.3 is 11.9 Å². The van der Waals surface area contributed by atoms with Crippen molar-refractivity contribution >= 4 is 27.9 Å². The molecule has 0 amide bonds. The normalized spacial score (nSPS) is 11.9. The third kappa shape index (κ3) is 3.06. The number of halogens is 1. The lowest BCUT2D eigenvalue weighted by Crippen LogP contribution is -2.23. The van der Waals surface area contributed by atoms with Gasteiger partial charge in [-0.15, -0.1) is 0 Å². The average Bonchev–Trinajstić information content (AvgIpc) is 2.21. The quantitative estimate of drug-likeness (QED) is 0.681. The van der Waals surface area contributed by atoms with E-state index in [0.717, 1.165) is 4.47 Å². The second-order valence-corrected chi connectivity index (χ2v) is 3.99. The lowest BCUT2D eigenvalue weighted by Gasteiger charge is -2.11. The fourth-order valence-corrected chi connectivity index (χ4v) is 1.52. The molecule has 5 heteroatoms. The molecule has 1 aromatic carbocycles. The van der Waals surface area contributed by atoms with Crippen molar-refractivity contribution in [2.75, 3.05) is 6.61 Å². The molecule has 0 bridgehead atoms. The van der Waals surface area contributed by atoms with Crippen LogP contribution in [0, 0.1) is 0 Å². The van der Waals surface area contributed by atoms with Crippen LogP contribution in [0.1, 0.15) is 18.4 Å². The first-order chi connectivity index (χ1) is 7.56. The highest BCUT2D eigenvalue weighted by atomic mass is 79.9. The van der Waals surface area contributed by atoms with Crippen LogP contribution < -0.4 is 0 Å². The van der Waals surface area contributed by atoms with Gasteiger partial charge < -0.3 is 9.84 Å². The maximum absolute atomic E-state index is 11.5. The number of carboxylic acid groups (broad SMARTS) is 1. The van der Waals surface area contributed by atoms with Crippen LogP contribution in [0.5, 0.6) is 0 Å². The van der Waals surface area contributed by atoms with E-state index in [1.165, 1.54) is 0 Å². The van der Waals surface area contributed by atoms with E-state index in [9.17, 15) is 9.59 Å². The van der Waals surface area contributed by atoms with Crippen LogP contribution in [0.15, 0.2) is 28.7 Å². The minimum atomic E-state index is -1.26. The summed E-state index contributed by atoms with van der Waals surface area (Å²) >= 11 is 3.24. The van der Waals surface area contributed by atoms with Gasteiger partial charge in [0.05, 0.1) is 6.61 Å². The molecule has 16 heavy (non-hydrogen) atoms. The van der Waals surface area contributed by atoms with Gasteiger partial charge in [-0.3, -0.25) is 9.59 Å². The van der Waals surface area contributed by atoms with E-state index in [-0.39, 0.29) is 6.61 Å². The molecule has 1 aromatic rings. The minimum absolute atomic E-state index is 0.166. The van der Waals surface area contributed by atoms with E-state index >= 15 is 0 Å². The summed E-state index contributed by atoms with van der Waals surface area (Å²) in [5, 5.41) is 8.98. The Kier molecular flexibility index (Phi) is 4.49. The van der Waals surface area contributed by atoms with Crippen molar-refractivity contribution < 1.29 is 19.4 Å². The van der Waals surface area contributed by atoms with E-state index < -0.39 is 17.9 Å².